The summed E-state index contributed by atoms with van der Waals surface area (Å²) in [6.45, 7) is 4.23. The van der Waals surface area contributed by atoms with Gasteiger partial charge in [0.15, 0.2) is 0 Å². The molecule has 2 aromatic carbocycles. The van der Waals surface area contributed by atoms with Crippen molar-refractivity contribution < 1.29 is 19.5 Å². The topological polar surface area (TPSA) is 71.0 Å². The first kappa shape index (κ1) is 17.3. The summed E-state index contributed by atoms with van der Waals surface area (Å²) in [5.74, 6) is 1.08. The van der Waals surface area contributed by atoms with Gasteiger partial charge in [-0.05, 0) is 42.8 Å². The van der Waals surface area contributed by atoms with Gasteiger partial charge in [-0.3, -0.25) is 14.9 Å². The first-order valence-electron chi connectivity index (χ1n) is 8.20. The van der Waals surface area contributed by atoms with Crippen LogP contribution >= 0.6 is 0 Å². The van der Waals surface area contributed by atoms with Crippen LogP contribution in [0.2, 0.25) is 0 Å². The van der Waals surface area contributed by atoms with E-state index in [1.807, 2.05) is 24.3 Å². The fourth-order valence-corrected chi connectivity index (χ4v) is 3.06. The summed E-state index contributed by atoms with van der Waals surface area (Å²) in [6, 6.07) is 13.3. The number of carbonyl (C=O) groups excluding carboxylic acids is 1. The smallest absolute Gasteiger partial charge is 0.274 e. The molecule has 0 fully saturated rings. The second-order valence-electron chi connectivity index (χ2n) is 6.04. The summed E-state index contributed by atoms with van der Waals surface area (Å²) in [7, 11) is 1.65. The van der Waals surface area contributed by atoms with E-state index in [9.17, 15) is 4.79 Å². The van der Waals surface area contributed by atoms with Crippen LogP contribution in [-0.2, 0) is 6.54 Å². The number of benzene rings is 2. The normalized spacial score (nSPS) is 17.2. The van der Waals surface area contributed by atoms with Crippen molar-refractivity contribution in [2.24, 2.45) is 0 Å². The molecule has 0 spiro atoms. The lowest BCUT2D eigenvalue weighted by molar-refractivity contribution is 0.0706. The van der Waals surface area contributed by atoms with Gasteiger partial charge < -0.3 is 9.47 Å². The average molecular weight is 342 g/mol. The van der Waals surface area contributed by atoms with Crippen molar-refractivity contribution in [3.8, 4) is 11.5 Å². The quantitative estimate of drug-likeness (QED) is 0.660. The van der Waals surface area contributed by atoms with Gasteiger partial charge in [0, 0.05) is 30.3 Å². The van der Waals surface area contributed by atoms with Crippen molar-refractivity contribution in [3.63, 3.8) is 0 Å². The second-order valence-corrected chi connectivity index (χ2v) is 6.04. The van der Waals surface area contributed by atoms with Gasteiger partial charge in [0.2, 0.25) is 0 Å². The number of hydrogen-bond donors (Lipinski definition) is 2. The summed E-state index contributed by atoms with van der Waals surface area (Å²) in [5.41, 5.74) is 4.20. The molecule has 0 aliphatic carbocycles. The van der Waals surface area contributed by atoms with Crippen molar-refractivity contribution in [1.82, 2.24) is 10.4 Å². The predicted molar refractivity (Wildman–Crippen MR) is 93.0 cm³/mol. The number of hydroxylamine groups is 1. The van der Waals surface area contributed by atoms with Crippen LogP contribution in [-0.4, -0.2) is 36.3 Å². The Balaban J connectivity index is 1.84. The Kier molecular flexibility index (Phi) is 5.21. The highest BCUT2D eigenvalue weighted by Crippen LogP contribution is 2.33. The largest absolute Gasteiger partial charge is 0.497 e. The molecular formula is C19H22N2O4. The lowest BCUT2D eigenvalue weighted by atomic mass is 10.0. The maximum Gasteiger partial charge on any atom is 0.274 e. The SMILES string of the molecule is COc1ccc(CN2CCOc3ccc(C(=O)NO)cc3C2C)cc1. The monoisotopic (exact) mass is 342 g/mol. The number of amides is 1. The van der Waals surface area contributed by atoms with Gasteiger partial charge in [0.1, 0.15) is 18.1 Å². The van der Waals surface area contributed by atoms with E-state index in [1.165, 1.54) is 5.56 Å². The number of carbonyl (C=O) groups is 1. The van der Waals surface area contributed by atoms with E-state index in [0.717, 1.165) is 30.2 Å². The molecular weight excluding hydrogens is 320 g/mol. The molecule has 2 aromatic rings. The minimum Gasteiger partial charge on any atom is -0.497 e. The first-order chi connectivity index (χ1) is 12.1. The van der Waals surface area contributed by atoms with E-state index < -0.39 is 5.91 Å². The molecule has 1 atom stereocenters. The zero-order valence-corrected chi connectivity index (χ0v) is 14.4. The summed E-state index contributed by atoms with van der Waals surface area (Å²) in [5, 5.41) is 8.85. The Morgan fingerprint density at radius 2 is 2.08 bits per heavy atom. The van der Waals surface area contributed by atoms with Crippen LogP contribution < -0.4 is 15.0 Å². The van der Waals surface area contributed by atoms with Gasteiger partial charge in [-0.25, -0.2) is 5.48 Å². The third kappa shape index (κ3) is 3.75. The average Bonchev–Trinajstić information content (AvgIpc) is 2.81. The molecule has 0 saturated carbocycles. The van der Waals surface area contributed by atoms with E-state index >= 15 is 0 Å². The van der Waals surface area contributed by atoms with Gasteiger partial charge in [0.05, 0.1) is 7.11 Å². The van der Waals surface area contributed by atoms with Gasteiger partial charge in [-0.2, -0.15) is 0 Å². The molecule has 0 saturated heterocycles. The molecule has 0 bridgehead atoms. The van der Waals surface area contributed by atoms with Crippen LogP contribution in [0.5, 0.6) is 11.5 Å². The molecule has 132 valence electrons. The van der Waals surface area contributed by atoms with Crippen molar-refractivity contribution in [1.29, 1.82) is 0 Å². The van der Waals surface area contributed by atoms with E-state index in [0.29, 0.717) is 12.2 Å². The van der Waals surface area contributed by atoms with Gasteiger partial charge in [-0.15, -0.1) is 0 Å². The molecule has 2 N–H and O–H groups in total. The van der Waals surface area contributed by atoms with Gasteiger partial charge in [0.25, 0.3) is 5.91 Å². The van der Waals surface area contributed by atoms with E-state index in [1.54, 1.807) is 30.8 Å². The highest BCUT2D eigenvalue weighted by Gasteiger charge is 2.24. The lowest BCUT2D eigenvalue weighted by Gasteiger charge is -2.27. The molecule has 6 nitrogen and oxygen atoms in total. The van der Waals surface area contributed by atoms with Crippen LogP contribution in [0, 0.1) is 0 Å². The van der Waals surface area contributed by atoms with Crippen molar-refractivity contribution >= 4 is 5.91 Å². The first-order valence-corrected chi connectivity index (χ1v) is 8.20. The molecule has 1 aliphatic rings. The minimum absolute atomic E-state index is 0.0750. The van der Waals surface area contributed by atoms with Crippen molar-refractivity contribution in [2.45, 2.75) is 19.5 Å². The zero-order valence-electron chi connectivity index (χ0n) is 14.4. The molecule has 0 aromatic heterocycles. The van der Waals surface area contributed by atoms with Crippen LogP contribution in [0.1, 0.15) is 34.5 Å². The minimum atomic E-state index is -0.527. The molecule has 6 heteroatoms. The van der Waals surface area contributed by atoms with Crippen LogP contribution in [0.25, 0.3) is 0 Å². The third-order valence-corrected chi connectivity index (χ3v) is 4.55. The second kappa shape index (κ2) is 7.55. The number of methoxy groups -OCH3 is 1. The van der Waals surface area contributed by atoms with Crippen molar-refractivity contribution in [3.05, 3.63) is 59.2 Å². The Hall–Kier alpha value is -2.57. The number of fused-ring (bicyclic) bond motifs is 1. The van der Waals surface area contributed by atoms with E-state index in [4.69, 9.17) is 14.7 Å². The molecule has 1 unspecified atom stereocenters. The number of nitrogens with zero attached hydrogens (tertiary/aromatic N) is 1. The molecule has 1 heterocycles. The number of rotatable bonds is 4. The number of hydrogen-bond acceptors (Lipinski definition) is 5. The fourth-order valence-electron chi connectivity index (χ4n) is 3.06. The van der Waals surface area contributed by atoms with Crippen molar-refractivity contribution in [2.75, 3.05) is 20.3 Å². The Morgan fingerprint density at radius 3 is 2.76 bits per heavy atom. The van der Waals surface area contributed by atoms with Gasteiger partial charge in [-0.1, -0.05) is 12.1 Å². The standard InChI is InChI=1S/C19H22N2O4/c1-13-17-11-15(19(22)20-23)5-8-18(17)25-10-9-21(13)12-14-3-6-16(24-2)7-4-14/h3-8,11,13,23H,9-10,12H2,1-2H3,(H,20,22). The van der Waals surface area contributed by atoms with Crippen LogP contribution in [0.3, 0.4) is 0 Å². The molecule has 3 rings (SSSR count). The Bertz CT molecular complexity index is 746. The van der Waals surface area contributed by atoms with Crippen LogP contribution in [0.15, 0.2) is 42.5 Å². The summed E-state index contributed by atoms with van der Waals surface area (Å²) in [4.78, 5) is 14.0. The highest BCUT2D eigenvalue weighted by molar-refractivity contribution is 5.93. The maximum absolute atomic E-state index is 11.7. The fraction of sp³-hybridized carbons (Fsp3) is 0.316. The van der Waals surface area contributed by atoms with Crippen LogP contribution in [0.4, 0.5) is 0 Å². The summed E-state index contributed by atoms with van der Waals surface area (Å²) in [6.07, 6.45) is 0. The summed E-state index contributed by atoms with van der Waals surface area (Å²) >= 11 is 0. The Labute approximate surface area is 146 Å². The third-order valence-electron chi connectivity index (χ3n) is 4.55. The number of ether oxygens (including phenoxy) is 2. The predicted octanol–water partition coefficient (Wildman–Crippen LogP) is 2.77. The summed E-state index contributed by atoms with van der Waals surface area (Å²) < 4.78 is 11.0. The highest BCUT2D eigenvalue weighted by atomic mass is 16.5. The Morgan fingerprint density at radius 1 is 1.32 bits per heavy atom. The molecule has 25 heavy (non-hydrogen) atoms. The lowest BCUT2D eigenvalue weighted by Crippen LogP contribution is -2.28. The van der Waals surface area contributed by atoms with Gasteiger partial charge >= 0.3 is 0 Å². The zero-order chi connectivity index (χ0) is 17.8. The maximum atomic E-state index is 11.7. The molecule has 0 radical (unpaired) electrons. The van der Waals surface area contributed by atoms with E-state index in [-0.39, 0.29) is 6.04 Å². The number of nitrogens with one attached hydrogen (secondary N) is 1. The molecule has 1 amide bonds. The molecule has 1 aliphatic heterocycles. The van der Waals surface area contributed by atoms with E-state index in [2.05, 4.69) is 11.8 Å².